The molecule has 2 fully saturated rings. The summed E-state index contributed by atoms with van der Waals surface area (Å²) in [4.78, 5) is 35.8. The van der Waals surface area contributed by atoms with Gasteiger partial charge >= 0.3 is 0 Å². The fourth-order valence-corrected chi connectivity index (χ4v) is 5.34. The van der Waals surface area contributed by atoms with E-state index in [9.17, 15) is 14.7 Å². The molecule has 178 valence electrons. The first-order valence-corrected chi connectivity index (χ1v) is 12.2. The molecule has 1 N–H and O–H groups in total. The third-order valence-corrected chi connectivity index (χ3v) is 7.75. The van der Waals surface area contributed by atoms with Gasteiger partial charge in [0.1, 0.15) is 0 Å². The lowest BCUT2D eigenvalue weighted by molar-refractivity contribution is -0.154. The van der Waals surface area contributed by atoms with E-state index < -0.39 is 11.0 Å². The van der Waals surface area contributed by atoms with Crippen molar-refractivity contribution in [3.63, 3.8) is 0 Å². The number of rotatable bonds is 6. The van der Waals surface area contributed by atoms with E-state index in [2.05, 4.69) is 9.97 Å². The standard InChI is InChI=1S/C26H36N4O3/c1-25(2)18-29(23(31)11-10-20-7-4-3-5-8-20)14-12-26(25,33)19-30-17-22(28-16-24(30)32)21-9-6-13-27-15-21/h6,9,13,15-17,20,33H,3-5,7-8,10-12,14,18-19H2,1-2H3. The molecule has 1 saturated carbocycles. The third-order valence-electron chi connectivity index (χ3n) is 7.75. The fraction of sp³-hybridized carbons (Fsp3) is 0.615. The van der Waals surface area contributed by atoms with Crippen molar-refractivity contribution in [1.82, 2.24) is 19.4 Å². The van der Waals surface area contributed by atoms with E-state index in [1.54, 1.807) is 18.6 Å². The summed E-state index contributed by atoms with van der Waals surface area (Å²) in [5.41, 5.74) is -0.457. The van der Waals surface area contributed by atoms with Gasteiger partial charge in [0, 0.05) is 49.1 Å². The number of hydrogen-bond acceptors (Lipinski definition) is 5. The molecular formula is C26H36N4O3. The molecule has 3 heterocycles. The zero-order valence-corrected chi connectivity index (χ0v) is 19.9. The summed E-state index contributed by atoms with van der Waals surface area (Å²) in [7, 11) is 0. The minimum Gasteiger partial charge on any atom is -0.387 e. The van der Waals surface area contributed by atoms with E-state index in [1.807, 2.05) is 30.9 Å². The molecule has 2 aromatic rings. The van der Waals surface area contributed by atoms with Crippen molar-refractivity contribution >= 4 is 5.91 Å². The smallest absolute Gasteiger partial charge is 0.269 e. The molecule has 1 aliphatic carbocycles. The molecule has 1 amide bonds. The second kappa shape index (κ2) is 9.75. The average Bonchev–Trinajstić information content (AvgIpc) is 2.82. The lowest BCUT2D eigenvalue weighted by Crippen LogP contribution is -2.60. The number of carbonyl (C=O) groups is 1. The van der Waals surface area contributed by atoms with Crippen LogP contribution in [0.2, 0.25) is 0 Å². The number of carbonyl (C=O) groups excluding carboxylic acids is 1. The van der Waals surface area contributed by atoms with Crippen molar-refractivity contribution in [1.29, 1.82) is 0 Å². The first kappa shape index (κ1) is 23.6. The molecule has 1 aliphatic heterocycles. The van der Waals surface area contributed by atoms with Crippen LogP contribution in [0.25, 0.3) is 11.3 Å². The summed E-state index contributed by atoms with van der Waals surface area (Å²) < 4.78 is 1.54. The Balaban J connectivity index is 1.43. The number of nitrogens with zero attached hydrogens (tertiary/aromatic N) is 4. The van der Waals surface area contributed by atoms with Crippen molar-refractivity contribution in [3.8, 4) is 11.3 Å². The van der Waals surface area contributed by atoms with E-state index in [4.69, 9.17) is 0 Å². The summed E-state index contributed by atoms with van der Waals surface area (Å²) >= 11 is 0. The summed E-state index contributed by atoms with van der Waals surface area (Å²) in [6, 6.07) is 3.71. The Kier molecular flexibility index (Phi) is 6.98. The van der Waals surface area contributed by atoms with Gasteiger partial charge in [-0.25, -0.2) is 4.98 Å². The van der Waals surface area contributed by atoms with E-state index >= 15 is 0 Å². The van der Waals surface area contributed by atoms with Crippen molar-refractivity contribution in [2.75, 3.05) is 13.1 Å². The fourth-order valence-electron chi connectivity index (χ4n) is 5.34. The SMILES string of the molecule is CC1(C)CN(C(=O)CCC2CCCCC2)CCC1(O)Cn1cc(-c2cccnc2)ncc1=O. The molecule has 33 heavy (non-hydrogen) atoms. The Labute approximate surface area is 195 Å². The number of pyridine rings is 1. The molecule has 0 radical (unpaired) electrons. The van der Waals surface area contributed by atoms with Gasteiger partial charge in [0.05, 0.1) is 24.0 Å². The highest BCUT2D eigenvalue weighted by Crippen LogP contribution is 2.40. The lowest BCUT2D eigenvalue weighted by atomic mass is 9.69. The van der Waals surface area contributed by atoms with Gasteiger partial charge in [-0.05, 0) is 30.9 Å². The van der Waals surface area contributed by atoms with Gasteiger partial charge < -0.3 is 14.6 Å². The molecule has 4 rings (SSSR count). The number of hydrogen-bond donors (Lipinski definition) is 1. The van der Waals surface area contributed by atoms with Crippen molar-refractivity contribution < 1.29 is 9.90 Å². The molecule has 2 aromatic heterocycles. The molecule has 1 atom stereocenters. The highest BCUT2D eigenvalue weighted by Gasteiger charge is 2.48. The van der Waals surface area contributed by atoms with Gasteiger partial charge in [-0.15, -0.1) is 0 Å². The minimum atomic E-state index is -1.11. The van der Waals surface area contributed by atoms with Crippen molar-refractivity contribution in [3.05, 3.63) is 47.3 Å². The average molecular weight is 453 g/mol. The van der Waals surface area contributed by atoms with Gasteiger partial charge in [-0.1, -0.05) is 46.0 Å². The molecule has 0 spiro atoms. The molecule has 1 saturated heterocycles. The lowest BCUT2D eigenvalue weighted by Gasteiger charge is -2.50. The summed E-state index contributed by atoms with van der Waals surface area (Å²) in [6.07, 6.45) is 14.8. The summed E-state index contributed by atoms with van der Waals surface area (Å²) in [5.74, 6) is 0.876. The van der Waals surface area contributed by atoms with Crippen molar-refractivity contribution in [2.45, 2.75) is 77.4 Å². The quantitative estimate of drug-likeness (QED) is 0.723. The van der Waals surface area contributed by atoms with Crippen LogP contribution in [-0.4, -0.2) is 49.1 Å². The molecule has 0 aromatic carbocycles. The van der Waals surface area contributed by atoms with Gasteiger partial charge in [0.2, 0.25) is 5.91 Å². The molecule has 0 bridgehead atoms. The molecular weight excluding hydrogens is 416 g/mol. The van der Waals surface area contributed by atoms with Gasteiger partial charge in [-0.3, -0.25) is 14.6 Å². The van der Waals surface area contributed by atoms with Crippen molar-refractivity contribution in [2.24, 2.45) is 11.3 Å². The summed E-state index contributed by atoms with van der Waals surface area (Å²) in [6.45, 7) is 5.14. The van der Waals surface area contributed by atoms with E-state index in [0.717, 1.165) is 12.0 Å². The topological polar surface area (TPSA) is 88.3 Å². The largest absolute Gasteiger partial charge is 0.387 e. The number of aromatic nitrogens is 3. The van der Waals surface area contributed by atoms with Crippen LogP contribution in [-0.2, 0) is 11.3 Å². The maximum Gasteiger partial charge on any atom is 0.269 e. The summed E-state index contributed by atoms with van der Waals surface area (Å²) in [5, 5.41) is 11.6. The zero-order chi connectivity index (χ0) is 23.5. The molecule has 7 nitrogen and oxygen atoms in total. The van der Waals surface area contributed by atoms with Crippen LogP contribution in [0.1, 0.15) is 65.2 Å². The normalized spacial score (nSPS) is 23.4. The van der Waals surface area contributed by atoms with Crippen LogP contribution in [0.4, 0.5) is 0 Å². The minimum absolute atomic E-state index is 0.165. The van der Waals surface area contributed by atoms with E-state index in [0.29, 0.717) is 37.5 Å². The monoisotopic (exact) mass is 452 g/mol. The van der Waals surface area contributed by atoms with E-state index in [1.165, 1.54) is 42.9 Å². The Morgan fingerprint density at radius 2 is 2.00 bits per heavy atom. The number of amides is 1. The highest BCUT2D eigenvalue weighted by atomic mass is 16.3. The number of piperidine rings is 1. The van der Waals surface area contributed by atoms with Gasteiger partial charge in [-0.2, -0.15) is 0 Å². The first-order valence-electron chi connectivity index (χ1n) is 12.2. The third kappa shape index (κ3) is 5.35. The van der Waals surface area contributed by atoms with Crippen LogP contribution in [0.15, 0.2) is 41.7 Å². The van der Waals surface area contributed by atoms with Crippen LogP contribution in [0.3, 0.4) is 0 Å². The predicted molar refractivity (Wildman–Crippen MR) is 127 cm³/mol. The Hall–Kier alpha value is -2.54. The van der Waals surface area contributed by atoms with E-state index in [-0.39, 0.29) is 18.0 Å². The maximum atomic E-state index is 12.9. The van der Waals surface area contributed by atoms with Crippen LogP contribution < -0.4 is 5.56 Å². The first-order chi connectivity index (χ1) is 15.8. The second-order valence-corrected chi connectivity index (χ2v) is 10.5. The van der Waals surface area contributed by atoms with Crippen LogP contribution in [0.5, 0.6) is 0 Å². The van der Waals surface area contributed by atoms with Gasteiger partial charge in [0.15, 0.2) is 0 Å². The predicted octanol–water partition coefficient (Wildman–Crippen LogP) is 3.66. The second-order valence-electron chi connectivity index (χ2n) is 10.5. The van der Waals surface area contributed by atoms with Gasteiger partial charge in [0.25, 0.3) is 5.56 Å². The van der Waals surface area contributed by atoms with Crippen LogP contribution in [0, 0.1) is 11.3 Å². The Bertz CT molecular complexity index is 1010. The van der Waals surface area contributed by atoms with Crippen LogP contribution >= 0.6 is 0 Å². The zero-order valence-electron chi connectivity index (χ0n) is 19.9. The highest BCUT2D eigenvalue weighted by molar-refractivity contribution is 5.76. The Morgan fingerprint density at radius 3 is 2.70 bits per heavy atom. The Morgan fingerprint density at radius 1 is 1.21 bits per heavy atom. The molecule has 2 aliphatic rings. The number of aliphatic hydroxyl groups is 1. The molecule has 1 unspecified atom stereocenters. The maximum absolute atomic E-state index is 12.9. The molecule has 7 heteroatoms. The number of likely N-dealkylation sites (tertiary alicyclic amines) is 1.